The standard InChI is InChI=1S/C24H23ClFN3O3S/c1-14(30)31-13-23-27-28-24(33-23)15-2-5-17(6-3-15)29-18-7-8-19(29)12-20(11-18)32-22-10-16(26)4-9-21(22)25/h2-6,9-10,18-20H,7-8,11-13H2,1H3. The molecule has 2 bridgehead atoms. The SMILES string of the molecule is CC(=O)OCc1nnc(-c2ccc(N3C4CCC3CC(Oc3cc(F)ccc3Cl)C4)cc2)s1. The van der Waals surface area contributed by atoms with Gasteiger partial charge in [0.2, 0.25) is 0 Å². The molecule has 1 aromatic heterocycles. The lowest BCUT2D eigenvalue weighted by Gasteiger charge is -2.40. The first kappa shape index (κ1) is 22.1. The minimum absolute atomic E-state index is 0.0226. The molecular weight excluding hydrogens is 465 g/mol. The van der Waals surface area contributed by atoms with Crippen LogP contribution in [0, 0.1) is 5.82 Å². The molecule has 172 valence electrons. The van der Waals surface area contributed by atoms with Crippen LogP contribution in [0.25, 0.3) is 10.6 Å². The lowest BCUT2D eigenvalue weighted by molar-refractivity contribution is -0.142. The lowest BCUT2D eigenvalue weighted by Crippen LogP contribution is -2.46. The minimum atomic E-state index is -0.344. The molecule has 9 heteroatoms. The van der Waals surface area contributed by atoms with Crippen molar-refractivity contribution < 1.29 is 18.7 Å². The normalized spacial score (nSPS) is 21.8. The summed E-state index contributed by atoms with van der Waals surface area (Å²) < 4.78 is 24.7. The third kappa shape index (κ3) is 4.82. The third-order valence-corrected chi connectivity index (χ3v) is 7.41. The molecule has 3 heterocycles. The fraction of sp³-hybridized carbons (Fsp3) is 0.375. The summed E-state index contributed by atoms with van der Waals surface area (Å²) in [4.78, 5) is 13.5. The number of halogens is 2. The largest absolute Gasteiger partial charge is 0.489 e. The van der Waals surface area contributed by atoms with E-state index in [0.717, 1.165) is 36.3 Å². The van der Waals surface area contributed by atoms with Crippen LogP contribution in [0.5, 0.6) is 5.75 Å². The highest BCUT2D eigenvalue weighted by atomic mass is 35.5. The first-order valence-electron chi connectivity index (χ1n) is 10.9. The van der Waals surface area contributed by atoms with Crippen LogP contribution in [0.2, 0.25) is 5.02 Å². The van der Waals surface area contributed by atoms with Crippen LogP contribution >= 0.6 is 22.9 Å². The summed E-state index contributed by atoms with van der Waals surface area (Å²) in [5.41, 5.74) is 2.16. The van der Waals surface area contributed by atoms with Crippen LogP contribution in [0.15, 0.2) is 42.5 Å². The molecule has 0 saturated carbocycles. The quantitative estimate of drug-likeness (QED) is 0.419. The van der Waals surface area contributed by atoms with Gasteiger partial charge in [-0.05, 0) is 49.2 Å². The highest BCUT2D eigenvalue weighted by Crippen LogP contribution is 2.41. The molecular formula is C24H23ClFN3O3S. The number of nitrogens with zero attached hydrogens (tertiary/aromatic N) is 3. The van der Waals surface area contributed by atoms with Gasteiger partial charge in [-0.15, -0.1) is 10.2 Å². The Morgan fingerprint density at radius 3 is 2.58 bits per heavy atom. The summed E-state index contributed by atoms with van der Waals surface area (Å²) in [6.45, 7) is 1.52. The summed E-state index contributed by atoms with van der Waals surface area (Å²) in [6.07, 6.45) is 3.99. The summed E-state index contributed by atoms with van der Waals surface area (Å²) >= 11 is 7.61. The number of benzene rings is 2. The van der Waals surface area contributed by atoms with E-state index in [1.54, 1.807) is 0 Å². The van der Waals surface area contributed by atoms with Gasteiger partial charge < -0.3 is 14.4 Å². The third-order valence-electron chi connectivity index (χ3n) is 6.15. The number of aromatic nitrogens is 2. The zero-order valence-electron chi connectivity index (χ0n) is 18.0. The number of carbonyl (C=O) groups is 1. The van der Waals surface area contributed by atoms with E-state index >= 15 is 0 Å². The van der Waals surface area contributed by atoms with E-state index < -0.39 is 0 Å². The molecule has 0 N–H and O–H groups in total. The molecule has 3 aromatic rings. The number of fused-ring (bicyclic) bond motifs is 2. The number of hydrogen-bond donors (Lipinski definition) is 0. The van der Waals surface area contributed by atoms with Crippen LogP contribution in [0.3, 0.4) is 0 Å². The van der Waals surface area contributed by atoms with E-state index in [2.05, 4.69) is 39.4 Å². The molecule has 33 heavy (non-hydrogen) atoms. The molecule has 6 nitrogen and oxygen atoms in total. The van der Waals surface area contributed by atoms with Crippen molar-refractivity contribution >= 4 is 34.6 Å². The first-order valence-corrected chi connectivity index (χ1v) is 12.1. The van der Waals surface area contributed by atoms with Crippen LogP contribution < -0.4 is 9.64 Å². The second-order valence-corrected chi connectivity index (χ2v) is 9.88. The number of esters is 1. The maximum absolute atomic E-state index is 13.6. The van der Waals surface area contributed by atoms with Gasteiger partial charge in [0.15, 0.2) is 5.01 Å². The van der Waals surface area contributed by atoms with Crippen molar-refractivity contribution in [1.82, 2.24) is 10.2 Å². The van der Waals surface area contributed by atoms with Gasteiger partial charge >= 0.3 is 5.97 Å². The molecule has 2 aliphatic heterocycles. The Kier molecular flexibility index (Phi) is 6.21. The molecule has 2 aromatic carbocycles. The predicted octanol–water partition coefficient (Wildman–Crippen LogP) is 5.64. The lowest BCUT2D eigenvalue weighted by atomic mass is 9.98. The fourth-order valence-corrected chi connectivity index (χ4v) is 5.68. The summed E-state index contributed by atoms with van der Waals surface area (Å²) in [5, 5.41) is 10.2. The summed E-state index contributed by atoms with van der Waals surface area (Å²) in [7, 11) is 0. The molecule has 2 unspecified atom stereocenters. The van der Waals surface area contributed by atoms with Gasteiger partial charge in [0.1, 0.15) is 29.3 Å². The molecule has 2 atom stereocenters. The topological polar surface area (TPSA) is 64.5 Å². The van der Waals surface area contributed by atoms with E-state index in [-0.39, 0.29) is 24.5 Å². The van der Waals surface area contributed by atoms with E-state index in [0.29, 0.717) is 27.9 Å². The second kappa shape index (κ2) is 9.27. The Hall–Kier alpha value is -2.71. The first-order chi connectivity index (χ1) is 16.0. The average Bonchev–Trinajstić information content (AvgIpc) is 3.37. The van der Waals surface area contributed by atoms with Crippen molar-refractivity contribution in [3.63, 3.8) is 0 Å². The van der Waals surface area contributed by atoms with Crippen LogP contribution in [-0.4, -0.2) is 34.4 Å². The minimum Gasteiger partial charge on any atom is -0.489 e. The number of anilines is 1. The maximum Gasteiger partial charge on any atom is 0.303 e. The molecule has 0 amide bonds. The molecule has 2 aliphatic rings. The highest BCUT2D eigenvalue weighted by Gasteiger charge is 2.41. The Balaban J connectivity index is 1.25. The molecule has 5 rings (SSSR count). The second-order valence-electron chi connectivity index (χ2n) is 8.41. The van der Waals surface area contributed by atoms with Gasteiger partial charge in [-0.2, -0.15) is 0 Å². The predicted molar refractivity (Wildman–Crippen MR) is 125 cm³/mol. The Morgan fingerprint density at radius 1 is 1.15 bits per heavy atom. The number of rotatable bonds is 6. The van der Waals surface area contributed by atoms with Crippen molar-refractivity contribution in [3.8, 4) is 16.3 Å². The van der Waals surface area contributed by atoms with Crippen molar-refractivity contribution in [3.05, 3.63) is 58.3 Å². The van der Waals surface area contributed by atoms with E-state index in [4.69, 9.17) is 21.1 Å². The van der Waals surface area contributed by atoms with Gasteiger partial charge in [-0.25, -0.2) is 4.39 Å². The van der Waals surface area contributed by atoms with Gasteiger partial charge in [0.25, 0.3) is 0 Å². The van der Waals surface area contributed by atoms with E-state index in [1.807, 2.05) is 0 Å². The monoisotopic (exact) mass is 487 g/mol. The molecule has 0 spiro atoms. The van der Waals surface area contributed by atoms with Crippen LogP contribution in [0.1, 0.15) is 37.6 Å². The molecule has 2 fully saturated rings. The number of ether oxygens (including phenoxy) is 2. The Labute approximate surface area is 200 Å². The van der Waals surface area contributed by atoms with Crippen LogP contribution in [-0.2, 0) is 16.1 Å². The zero-order chi connectivity index (χ0) is 22.9. The number of carbonyl (C=O) groups excluding carboxylic acids is 1. The fourth-order valence-electron chi connectivity index (χ4n) is 4.76. The van der Waals surface area contributed by atoms with Gasteiger partial charge in [0, 0.05) is 49.2 Å². The van der Waals surface area contributed by atoms with Gasteiger partial charge in [0.05, 0.1) is 5.02 Å². The number of hydrogen-bond acceptors (Lipinski definition) is 7. The molecule has 0 radical (unpaired) electrons. The highest BCUT2D eigenvalue weighted by molar-refractivity contribution is 7.14. The Morgan fingerprint density at radius 2 is 1.88 bits per heavy atom. The smallest absolute Gasteiger partial charge is 0.303 e. The van der Waals surface area contributed by atoms with Crippen molar-refractivity contribution in [2.24, 2.45) is 0 Å². The van der Waals surface area contributed by atoms with Gasteiger partial charge in [-0.1, -0.05) is 22.9 Å². The molecule has 2 saturated heterocycles. The zero-order valence-corrected chi connectivity index (χ0v) is 19.6. The van der Waals surface area contributed by atoms with Crippen molar-refractivity contribution in [2.45, 2.75) is 57.4 Å². The van der Waals surface area contributed by atoms with Crippen molar-refractivity contribution in [1.29, 1.82) is 0 Å². The van der Waals surface area contributed by atoms with E-state index in [1.165, 1.54) is 42.1 Å². The average molecular weight is 488 g/mol. The summed E-state index contributed by atoms with van der Waals surface area (Å²) in [5.74, 6) is -0.258. The van der Waals surface area contributed by atoms with E-state index in [9.17, 15) is 9.18 Å². The van der Waals surface area contributed by atoms with Crippen molar-refractivity contribution in [2.75, 3.05) is 4.90 Å². The van der Waals surface area contributed by atoms with Crippen LogP contribution in [0.4, 0.5) is 10.1 Å². The molecule has 0 aliphatic carbocycles. The summed E-state index contributed by atoms with van der Waals surface area (Å²) in [6, 6.07) is 13.4. The van der Waals surface area contributed by atoms with Gasteiger partial charge in [-0.3, -0.25) is 4.79 Å². The Bertz CT molecular complexity index is 1140. The maximum atomic E-state index is 13.6. The number of piperidine rings is 1.